The lowest BCUT2D eigenvalue weighted by Crippen LogP contribution is -2.66. The summed E-state index contributed by atoms with van der Waals surface area (Å²) in [4.78, 5) is 16.6. The monoisotopic (exact) mass is 349 g/mol. The van der Waals surface area contributed by atoms with Crippen molar-refractivity contribution in [3.63, 3.8) is 0 Å². The molecule has 2 bridgehead atoms. The molecule has 2 saturated heterocycles. The number of ether oxygens (including phenoxy) is 2. The number of nitrogens with zero attached hydrogens (tertiary/aromatic N) is 2. The van der Waals surface area contributed by atoms with Crippen LogP contribution in [0.5, 0.6) is 0 Å². The minimum Gasteiger partial charge on any atom is -0.444 e. The summed E-state index contributed by atoms with van der Waals surface area (Å²) in [6.07, 6.45) is -0.287. The number of nitrogens with two attached hydrogens (primary N) is 1. The predicted molar refractivity (Wildman–Crippen MR) is 95.5 cm³/mol. The maximum Gasteiger partial charge on any atom is 0.411 e. The Morgan fingerprint density at radius 1 is 1.32 bits per heavy atom. The first kappa shape index (κ1) is 17.8. The summed E-state index contributed by atoms with van der Waals surface area (Å²) in [7, 11) is 0. The number of anilines is 2. The van der Waals surface area contributed by atoms with Crippen molar-refractivity contribution in [3.8, 4) is 0 Å². The van der Waals surface area contributed by atoms with Gasteiger partial charge in [0, 0.05) is 30.0 Å². The topological polar surface area (TPSA) is 88.3 Å². The molecule has 2 aliphatic rings. The standard InChI is InChI=1S/C18H27N3O4/c1-18(2,3)25-17(23)21-14-7-20(8-15(21)11-24-10-14)16-5-4-13(19)6-12(16)9-22/h4-6,14-15,22H,7-11,19H2,1-3H3. The summed E-state index contributed by atoms with van der Waals surface area (Å²) in [6.45, 7) is 7.77. The molecule has 3 rings (SSSR count). The fourth-order valence-corrected chi connectivity index (χ4v) is 3.51. The molecule has 1 aromatic rings. The van der Waals surface area contributed by atoms with Gasteiger partial charge in [-0.1, -0.05) is 0 Å². The van der Waals surface area contributed by atoms with Crippen LogP contribution in [-0.4, -0.2) is 60.1 Å². The van der Waals surface area contributed by atoms with Crippen LogP contribution in [0.1, 0.15) is 26.3 Å². The molecule has 7 heteroatoms. The number of fused-ring (bicyclic) bond motifs is 2. The highest BCUT2D eigenvalue weighted by molar-refractivity contribution is 5.70. The molecule has 2 aliphatic heterocycles. The van der Waals surface area contributed by atoms with Gasteiger partial charge in [0.25, 0.3) is 0 Å². The van der Waals surface area contributed by atoms with Crippen molar-refractivity contribution < 1.29 is 19.4 Å². The number of aliphatic hydroxyl groups is 1. The summed E-state index contributed by atoms with van der Waals surface area (Å²) < 4.78 is 11.2. The molecule has 25 heavy (non-hydrogen) atoms. The van der Waals surface area contributed by atoms with E-state index in [4.69, 9.17) is 15.2 Å². The zero-order chi connectivity index (χ0) is 18.2. The second-order valence-electron chi connectivity index (χ2n) is 7.68. The minimum atomic E-state index is -0.523. The first-order valence-electron chi connectivity index (χ1n) is 8.62. The summed E-state index contributed by atoms with van der Waals surface area (Å²) >= 11 is 0. The zero-order valence-corrected chi connectivity index (χ0v) is 15.1. The first-order valence-corrected chi connectivity index (χ1v) is 8.62. The summed E-state index contributed by atoms with van der Waals surface area (Å²) in [5.74, 6) is 0. The normalized spacial score (nSPS) is 23.5. The van der Waals surface area contributed by atoms with Gasteiger partial charge in [0.2, 0.25) is 0 Å². The number of nitrogen functional groups attached to an aromatic ring is 1. The smallest absolute Gasteiger partial charge is 0.411 e. The van der Waals surface area contributed by atoms with E-state index in [0.717, 1.165) is 11.3 Å². The van der Waals surface area contributed by atoms with Crippen molar-refractivity contribution in [1.29, 1.82) is 0 Å². The molecule has 2 atom stereocenters. The molecule has 0 saturated carbocycles. The van der Waals surface area contributed by atoms with Crippen LogP contribution in [0.15, 0.2) is 18.2 Å². The van der Waals surface area contributed by atoms with Crippen molar-refractivity contribution in [2.45, 2.75) is 45.1 Å². The number of morpholine rings is 1. The fraction of sp³-hybridized carbons (Fsp3) is 0.611. The van der Waals surface area contributed by atoms with Gasteiger partial charge < -0.3 is 25.2 Å². The lowest BCUT2D eigenvalue weighted by Gasteiger charge is -2.50. The molecule has 2 fully saturated rings. The maximum atomic E-state index is 12.6. The molecule has 2 heterocycles. The average Bonchev–Trinajstić information content (AvgIpc) is 2.51. The van der Waals surface area contributed by atoms with Crippen molar-refractivity contribution in [1.82, 2.24) is 4.90 Å². The Morgan fingerprint density at radius 2 is 1.96 bits per heavy atom. The van der Waals surface area contributed by atoms with Gasteiger partial charge in [0.05, 0.1) is 31.9 Å². The van der Waals surface area contributed by atoms with E-state index in [1.807, 2.05) is 37.8 Å². The first-order chi connectivity index (χ1) is 11.8. The maximum absolute atomic E-state index is 12.6. The van der Waals surface area contributed by atoms with Crippen LogP contribution >= 0.6 is 0 Å². The average molecular weight is 349 g/mol. The number of carbonyl (C=O) groups is 1. The van der Waals surface area contributed by atoms with Crippen molar-refractivity contribution in [3.05, 3.63) is 23.8 Å². The molecule has 0 radical (unpaired) electrons. The minimum absolute atomic E-state index is 0.0709. The Kier molecular flexibility index (Phi) is 4.79. The third kappa shape index (κ3) is 3.82. The van der Waals surface area contributed by atoms with Crippen LogP contribution in [0.4, 0.5) is 16.2 Å². The summed E-state index contributed by atoms with van der Waals surface area (Å²) in [6, 6.07) is 5.40. The van der Waals surface area contributed by atoms with Crippen LogP contribution in [-0.2, 0) is 16.1 Å². The molecular weight excluding hydrogens is 322 g/mol. The highest BCUT2D eigenvalue weighted by Crippen LogP contribution is 2.30. The van der Waals surface area contributed by atoms with Gasteiger partial charge in [-0.3, -0.25) is 4.90 Å². The predicted octanol–water partition coefficient (Wildman–Crippen LogP) is 1.59. The van der Waals surface area contributed by atoms with E-state index >= 15 is 0 Å². The van der Waals surface area contributed by atoms with E-state index in [9.17, 15) is 9.90 Å². The molecule has 0 aliphatic carbocycles. The quantitative estimate of drug-likeness (QED) is 0.788. The van der Waals surface area contributed by atoms with Gasteiger partial charge in [0.15, 0.2) is 0 Å². The molecule has 138 valence electrons. The van der Waals surface area contributed by atoms with E-state index < -0.39 is 5.60 Å². The van der Waals surface area contributed by atoms with Crippen LogP contribution < -0.4 is 10.6 Å². The third-order valence-electron chi connectivity index (χ3n) is 4.49. The van der Waals surface area contributed by atoms with E-state index in [2.05, 4.69) is 4.90 Å². The van der Waals surface area contributed by atoms with Crippen LogP contribution in [0.3, 0.4) is 0 Å². The number of hydrogen-bond acceptors (Lipinski definition) is 6. The molecular formula is C18H27N3O4. The molecule has 0 spiro atoms. The van der Waals surface area contributed by atoms with Crippen molar-refractivity contribution in [2.24, 2.45) is 0 Å². The van der Waals surface area contributed by atoms with Gasteiger partial charge in [-0.15, -0.1) is 0 Å². The van der Waals surface area contributed by atoms with E-state index in [-0.39, 0.29) is 24.8 Å². The SMILES string of the molecule is CC(C)(C)OC(=O)N1C2COCC1CN(c1ccc(N)cc1CO)C2. The van der Waals surface area contributed by atoms with Gasteiger partial charge in [0.1, 0.15) is 5.60 Å². The van der Waals surface area contributed by atoms with Crippen molar-refractivity contribution >= 4 is 17.5 Å². The Morgan fingerprint density at radius 3 is 2.52 bits per heavy atom. The van der Waals surface area contributed by atoms with Crippen LogP contribution in [0.25, 0.3) is 0 Å². The van der Waals surface area contributed by atoms with E-state index in [1.54, 1.807) is 6.07 Å². The molecule has 2 unspecified atom stereocenters. The van der Waals surface area contributed by atoms with Gasteiger partial charge in [-0.2, -0.15) is 0 Å². The highest BCUT2D eigenvalue weighted by atomic mass is 16.6. The lowest BCUT2D eigenvalue weighted by atomic mass is 10.0. The molecule has 7 nitrogen and oxygen atoms in total. The zero-order valence-electron chi connectivity index (χ0n) is 15.1. The Labute approximate surface area is 148 Å². The van der Waals surface area contributed by atoms with Crippen LogP contribution in [0, 0.1) is 0 Å². The van der Waals surface area contributed by atoms with E-state index in [0.29, 0.717) is 32.0 Å². The van der Waals surface area contributed by atoms with Crippen LogP contribution in [0.2, 0.25) is 0 Å². The van der Waals surface area contributed by atoms with Gasteiger partial charge in [-0.25, -0.2) is 4.79 Å². The van der Waals surface area contributed by atoms with Gasteiger partial charge >= 0.3 is 6.09 Å². The number of rotatable bonds is 2. The summed E-state index contributed by atoms with van der Waals surface area (Å²) in [5.41, 5.74) is 7.68. The highest BCUT2D eigenvalue weighted by Gasteiger charge is 2.43. The second kappa shape index (κ2) is 6.72. The second-order valence-corrected chi connectivity index (χ2v) is 7.68. The largest absolute Gasteiger partial charge is 0.444 e. The number of piperazine rings is 1. The number of aliphatic hydroxyl groups excluding tert-OH is 1. The number of carbonyl (C=O) groups excluding carboxylic acids is 1. The molecule has 1 aromatic carbocycles. The van der Waals surface area contributed by atoms with Crippen molar-refractivity contribution in [2.75, 3.05) is 36.9 Å². The van der Waals surface area contributed by atoms with Gasteiger partial charge in [-0.05, 0) is 39.0 Å². The molecule has 0 aromatic heterocycles. The Balaban J connectivity index is 1.81. The summed E-state index contributed by atoms with van der Waals surface area (Å²) in [5, 5.41) is 9.65. The molecule has 3 N–H and O–H groups in total. The number of hydrogen-bond donors (Lipinski definition) is 2. The molecule has 1 amide bonds. The van der Waals surface area contributed by atoms with E-state index in [1.165, 1.54) is 0 Å². The third-order valence-corrected chi connectivity index (χ3v) is 4.49. The Hall–Kier alpha value is -1.99. The number of amides is 1. The lowest BCUT2D eigenvalue weighted by molar-refractivity contribution is -0.0665. The number of benzene rings is 1. The Bertz CT molecular complexity index is 630. The fourth-order valence-electron chi connectivity index (χ4n) is 3.51.